The van der Waals surface area contributed by atoms with Gasteiger partial charge in [-0.3, -0.25) is 0 Å². The number of hydrogen-bond donors (Lipinski definition) is 1. The summed E-state index contributed by atoms with van der Waals surface area (Å²) in [7, 11) is 0. The van der Waals surface area contributed by atoms with Crippen molar-refractivity contribution in [1.29, 1.82) is 0 Å². The van der Waals surface area contributed by atoms with Crippen LogP contribution in [0.3, 0.4) is 0 Å². The lowest BCUT2D eigenvalue weighted by molar-refractivity contribution is 0.184. The van der Waals surface area contributed by atoms with Crippen molar-refractivity contribution in [2.75, 3.05) is 0 Å². The van der Waals surface area contributed by atoms with E-state index in [9.17, 15) is 4.39 Å². The molecule has 1 aromatic rings. The van der Waals surface area contributed by atoms with Gasteiger partial charge in [-0.1, -0.05) is 31.9 Å². The Labute approximate surface area is 103 Å². The fourth-order valence-electron chi connectivity index (χ4n) is 3.04. The second-order valence-electron chi connectivity index (χ2n) is 5.76. The highest BCUT2D eigenvalue weighted by Gasteiger charge is 2.34. The van der Waals surface area contributed by atoms with Gasteiger partial charge in [0.05, 0.1) is 0 Å². The van der Waals surface area contributed by atoms with Crippen molar-refractivity contribution < 1.29 is 4.39 Å². The summed E-state index contributed by atoms with van der Waals surface area (Å²) in [5.41, 5.74) is 7.00. The van der Waals surface area contributed by atoms with Gasteiger partial charge in [-0.05, 0) is 49.3 Å². The van der Waals surface area contributed by atoms with Crippen molar-refractivity contribution >= 4 is 0 Å². The Morgan fingerprint density at radius 3 is 2.76 bits per heavy atom. The minimum atomic E-state index is -0.406. The molecule has 1 nitrogen and oxygen atoms in total. The number of halogens is 1. The molecule has 3 unspecified atom stereocenters. The molecule has 0 aromatic heterocycles. The summed E-state index contributed by atoms with van der Waals surface area (Å²) >= 11 is 0. The molecule has 1 aromatic carbocycles. The zero-order valence-electron chi connectivity index (χ0n) is 10.7. The Morgan fingerprint density at radius 2 is 2.12 bits per heavy atom. The van der Waals surface area contributed by atoms with Gasteiger partial charge in [-0.15, -0.1) is 0 Å². The van der Waals surface area contributed by atoms with Crippen LogP contribution < -0.4 is 5.73 Å². The molecule has 17 heavy (non-hydrogen) atoms. The van der Waals surface area contributed by atoms with E-state index in [4.69, 9.17) is 5.73 Å². The molecular formula is C15H22FN. The number of nitrogens with two attached hydrogens (primary N) is 1. The van der Waals surface area contributed by atoms with Crippen LogP contribution in [0.4, 0.5) is 4.39 Å². The van der Waals surface area contributed by atoms with E-state index >= 15 is 0 Å². The van der Waals surface area contributed by atoms with Crippen LogP contribution in [0, 0.1) is 17.7 Å². The van der Waals surface area contributed by atoms with E-state index in [1.807, 2.05) is 13.0 Å². The molecular weight excluding hydrogens is 213 g/mol. The molecule has 1 fully saturated rings. The summed E-state index contributed by atoms with van der Waals surface area (Å²) in [5, 5.41) is 0. The van der Waals surface area contributed by atoms with Crippen LogP contribution in [0.25, 0.3) is 0 Å². The van der Waals surface area contributed by atoms with Crippen molar-refractivity contribution in [3.8, 4) is 0 Å². The minimum Gasteiger partial charge on any atom is -0.321 e. The predicted octanol–water partition coefficient (Wildman–Crippen LogP) is 3.83. The van der Waals surface area contributed by atoms with E-state index in [0.717, 1.165) is 24.3 Å². The fraction of sp³-hybridized carbons (Fsp3) is 0.600. The van der Waals surface area contributed by atoms with Crippen LogP contribution in [-0.4, -0.2) is 0 Å². The number of rotatable bonds is 2. The van der Waals surface area contributed by atoms with Gasteiger partial charge in [0.25, 0.3) is 0 Å². The summed E-state index contributed by atoms with van der Waals surface area (Å²) in [6.07, 6.45) is 4.86. The highest BCUT2D eigenvalue weighted by molar-refractivity contribution is 5.25. The van der Waals surface area contributed by atoms with E-state index in [-0.39, 0.29) is 5.82 Å². The van der Waals surface area contributed by atoms with Crippen molar-refractivity contribution in [1.82, 2.24) is 0 Å². The Kier molecular flexibility index (Phi) is 3.53. The van der Waals surface area contributed by atoms with Crippen LogP contribution >= 0.6 is 0 Å². The van der Waals surface area contributed by atoms with Gasteiger partial charge in [0.2, 0.25) is 0 Å². The molecule has 0 heterocycles. The molecule has 3 atom stereocenters. The van der Waals surface area contributed by atoms with Gasteiger partial charge >= 0.3 is 0 Å². The molecule has 0 aliphatic heterocycles. The van der Waals surface area contributed by atoms with Crippen molar-refractivity contribution in [2.45, 2.75) is 45.1 Å². The zero-order valence-corrected chi connectivity index (χ0v) is 10.7. The maximum Gasteiger partial charge on any atom is 0.123 e. The second-order valence-corrected chi connectivity index (χ2v) is 5.76. The van der Waals surface area contributed by atoms with Gasteiger partial charge in [-0.25, -0.2) is 4.39 Å². The van der Waals surface area contributed by atoms with Gasteiger partial charge in [0.15, 0.2) is 0 Å². The van der Waals surface area contributed by atoms with E-state index < -0.39 is 5.54 Å². The first kappa shape index (κ1) is 12.6. The summed E-state index contributed by atoms with van der Waals surface area (Å²) in [6.45, 7) is 4.33. The molecule has 94 valence electrons. The second kappa shape index (κ2) is 4.77. The lowest BCUT2D eigenvalue weighted by Crippen LogP contribution is -2.43. The molecule has 0 spiro atoms. The average molecular weight is 235 g/mol. The number of hydrogen-bond acceptors (Lipinski definition) is 1. The van der Waals surface area contributed by atoms with E-state index in [1.54, 1.807) is 12.1 Å². The molecule has 1 aliphatic carbocycles. The normalized spacial score (nSPS) is 28.7. The quantitative estimate of drug-likeness (QED) is 0.828. The molecule has 0 bridgehead atoms. The molecule has 1 saturated carbocycles. The Balaban J connectivity index is 2.22. The van der Waals surface area contributed by atoms with Crippen LogP contribution in [0.2, 0.25) is 0 Å². The highest BCUT2D eigenvalue weighted by Crippen LogP contribution is 2.39. The number of benzene rings is 1. The maximum atomic E-state index is 13.3. The van der Waals surface area contributed by atoms with Gasteiger partial charge < -0.3 is 5.73 Å². The molecule has 1 aliphatic rings. The lowest BCUT2D eigenvalue weighted by Gasteiger charge is -2.39. The average Bonchev–Trinajstić information content (AvgIpc) is 2.29. The first-order valence-corrected chi connectivity index (χ1v) is 6.55. The fourth-order valence-corrected chi connectivity index (χ4v) is 3.04. The predicted molar refractivity (Wildman–Crippen MR) is 69.1 cm³/mol. The van der Waals surface area contributed by atoms with Crippen molar-refractivity contribution in [2.24, 2.45) is 17.6 Å². The van der Waals surface area contributed by atoms with E-state index in [1.165, 1.54) is 18.9 Å². The molecule has 0 radical (unpaired) electrons. The molecule has 2 heteroatoms. The van der Waals surface area contributed by atoms with Crippen LogP contribution in [0.15, 0.2) is 24.3 Å². The SMILES string of the molecule is CC1CCCC(C(C)(N)c2cccc(F)c2)C1. The largest absolute Gasteiger partial charge is 0.321 e. The third-order valence-electron chi connectivity index (χ3n) is 4.23. The first-order chi connectivity index (χ1) is 8.00. The van der Waals surface area contributed by atoms with Crippen LogP contribution in [0.1, 0.15) is 45.1 Å². The maximum absolute atomic E-state index is 13.3. The molecule has 0 amide bonds. The zero-order chi connectivity index (χ0) is 12.5. The van der Waals surface area contributed by atoms with Crippen molar-refractivity contribution in [3.05, 3.63) is 35.6 Å². The smallest absolute Gasteiger partial charge is 0.123 e. The third kappa shape index (κ3) is 2.68. The summed E-state index contributed by atoms with van der Waals surface area (Å²) in [4.78, 5) is 0. The summed E-state index contributed by atoms with van der Waals surface area (Å²) < 4.78 is 13.3. The third-order valence-corrected chi connectivity index (χ3v) is 4.23. The van der Waals surface area contributed by atoms with Gasteiger partial charge in [0.1, 0.15) is 5.82 Å². The van der Waals surface area contributed by atoms with E-state index in [2.05, 4.69) is 6.92 Å². The van der Waals surface area contributed by atoms with Crippen LogP contribution in [-0.2, 0) is 5.54 Å². The van der Waals surface area contributed by atoms with Crippen LogP contribution in [0.5, 0.6) is 0 Å². The Morgan fingerprint density at radius 1 is 1.35 bits per heavy atom. The van der Waals surface area contributed by atoms with Crippen molar-refractivity contribution in [3.63, 3.8) is 0 Å². The summed E-state index contributed by atoms with van der Waals surface area (Å²) in [6, 6.07) is 6.76. The van der Waals surface area contributed by atoms with Gasteiger partial charge in [-0.2, -0.15) is 0 Å². The highest BCUT2D eigenvalue weighted by atomic mass is 19.1. The van der Waals surface area contributed by atoms with E-state index in [0.29, 0.717) is 5.92 Å². The molecule has 2 rings (SSSR count). The molecule has 0 saturated heterocycles. The summed E-state index contributed by atoms with van der Waals surface area (Å²) in [5.74, 6) is 1.02. The van der Waals surface area contributed by atoms with Gasteiger partial charge in [0, 0.05) is 5.54 Å². The minimum absolute atomic E-state index is 0.192. The standard InChI is InChI=1S/C15H22FN/c1-11-5-3-6-12(9-11)15(2,17)13-7-4-8-14(16)10-13/h4,7-8,10-12H,3,5-6,9,17H2,1-2H3. The molecule has 2 N–H and O–H groups in total. The topological polar surface area (TPSA) is 26.0 Å². The monoisotopic (exact) mass is 235 g/mol. The first-order valence-electron chi connectivity index (χ1n) is 6.55. The lowest BCUT2D eigenvalue weighted by atomic mass is 9.70. The Bertz CT molecular complexity index is 386. The Hall–Kier alpha value is -0.890.